The fourth-order valence-electron chi connectivity index (χ4n) is 5.13. The Bertz CT molecular complexity index is 1680. The molecule has 4 N–H and O–H groups in total. The second-order valence-electron chi connectivity index (χ2n) is 8.21. The molecule has 2 aliphatic heterocycles. The van der Waals surface area contributed by atoms with Crippen LogP contribution in [0, 0.1) is 0 Å². The van der Waals surface area contributed by atoms with Gasteiger partial charge in [0.2, 0.25) is 5.78 Å². The van der Waals surface area contributed by atoms with Crippen molar-refractivity contribution < 1.29 is 9.90 Å². The number of anilines is 3. The number of nitrogens with zero attached hydrogens (tertiary/aromatic N) is 1. The van der Waals surface area contributed by atoms with Gasteiger partial charge in [-0.25, -0.2) is 0 Å². The van der Waals surface area contributed by atoms with Crippen molar-refractivity contribution in [3.63, 3.8) is 0 Å². The molecule has 0 radical (unpaired) electrons. The van der Waals surface area contributed by atoms with Crippen LogP contribution >= 0.6 is 0 Å². The van der Waals surface area contributed by atoms with Gasteiger partial charge in [0.05, 0.1) is 28.9 Å². The van der Waals surface area contributed by atoms with Crippen LogP contribution in [0.2, 0.25) is 0 Å². The van der Waals surface area contributed by atoms with Crippen LogP contribution in [0.3, 0.4) is 0 Å². The average Bonchev–Trinajstić information content (AvgIpc) is 2.83. The normalized spacial score (nSPS) is 17.9. The number of nitrogens with one attached hydrogen (secondary N) is 3. The van der Waals surface area contributed by atoms with Gasteiger partial charge in [0.15, 0.2) is 0 Å². The third-order valence-electron chi connectivity index (χ3n) is 6.58. The highest BCUT2D eigenvalue weighted by molar-refractivity contribution is 6.52. The molecular formula is C26H18N4O2. The Morgan fingerprint density at radius 1 is 0.781 bits per heavy atom. The third-order valence-corrected chi connectivity index (χ3v) is 6.58. The van der Waals surface area contributed by atoms with Crippen LogP contribution in [0.15, 0.2) is 71.4 Å². The summed E-state index contributed by atoms with van der Waals surface area (Å²) in [7, 11) is 0. The number of rotatable bonds is 1. The van der Waals surface area contributed by atoms with Crippen molar-refractivity contribution in [2.45, 2.75) is 0 Å². The van der Waals surface area contributed by atoms with Gasteiger partial charge in [-0.05, 0) is 22.9 Å². The Hall–Kier alpha value is -4.32. The van der Waals surface area contributed by atoms with Crippen molar-refractivity contribution in [1.82, 2.24) is 0 Å². The van der Waals surface area contributed by atoms with Gasteiger partial charge in [0.25, 0.3) is 0 Å². The summed E-state index contributed by atoms with van der Waals surface area (Å²) in [5, 5.41) is 26.7. The van der Waals surface area contributed by atoms with Crippen molar-refractivity contribution in [3.05, 3.63) is 82.6 Å². The van der Waals surface area contributed by atoms with Crippen LogP contribution in [-0.4, -0.2) is 24.2 Å². The zero-order chi connectivity index (χ0) is 21.4. The van der Waals surface area contributed by atoms with Gasteiger partial charge in [-0.2, -0.15) is 0 Å². The lowest BCUT2D eigenvalue weighted by Gasteiger charge is -2.28. The van der Waals surface area contributed by atoms with E-state index in [2.05, 4.69) is 20.9 Å². The summed E-state index contributed by atoms with van der Waals surface area (Å²) in [5.74, 6) is -0.122. The molecule has 0 unspecified atom stereocenters. The lowest BCUT2D eigenvalue weighted by molar-refractivity contribution is -0.109. The quantitative estimate of drug-likeness (QED) is 0.380. The Balaban J connectivity index is 1.52. The predicted octanol–water partition coefficient (Wildman–Crippen LogP) is 3.49. The molecule has 0 atom stereocenters. The average molecular weight is 418 g/mol. The smallest absolute Gasteiger partial charge is 0.201 e. The Morgan fingerprint density at radius 3 is 2.34 bits per heavy atom. The van der Waals surface area contributed by atoms with Gasteiger partial charge in [-0.15, -0.1) is 0 Å². The zero-order valence-electron chi connectivity index (χ0n) is 17.0. The van der Waals surface area contributed by atoms with Crippen LogP contribution in [0.5, 0.6) is 0 Å². The van der Waals surface area contributed by atoms with E-state index < -0.39 is 0 Å². The minimum Gasteiger partial charge on any atom is -0.506 e. The third kappa shape index (κ3) is 2.13. The summed E-state index contributed by atoms with van der Waals surface area (Å²) in [4.78, 5) is 18.1. The summed E-state index contributed by atoms with van der Waals surface area (Å²) in [5.41, 5.74) is 4.32. The monoisotopic (exact) mass is 418 g/mol. The van der Waals surface area contributed by atoms with Crippen LogP contribution in [0.4, 0.5) is 17.1 Å². The standard InChI is InChI=1S/C26H18N4O2/c31-25-21(15-9-7-13-3-1-5-17-19(13)23(15)29-11-27-17)26(32)22(25)16-10-8-14-4-2-6-18-20(14)24(16)30-12-28-18/h1-10,27-29,31H,11-12H2/b22-16+. The summed E-state index contributed by atoms with van der Waals surface area (Å²) >= 11 is 0. The lowest BCUT2D eigenvalue weighted by atomic mass is 9.80. The first-order valence-corrected chi connectivity index (χ1v) is 10.6. The van der Waals surface area contributed by atoms with Crippen molar-refractivity contribution >= 4 is 55.5 Å². The number of Topliss-reactive ketones (excluding diaryl/α,β-unsaturated/α-hetero) is 1. The maximum Gasteiger partial charge on any atom is 0.201 e. The minimum atomic E-state index is -0.155. The van der Waals surface area contributed by atoms with E-state index in [-0.39, 0.29) is 11.5 Å². The highest BCUT2D eigenvalue weighted by Crippen LogP contribution is 2.44. The van der Waals surface area contributed by atoms with Gasteiger partial charge < -0.3 is 21.1 Å². The molecule has 6 heteroatoms. The molecule has 2 heterocycles. The molecule has 0 aromatic heterocycles. The zero-order valence-corrected chi connectivity index (χ0v) is 17.0. The molecule has 0 saturated heterocycles. The van der Waals surface area contributed by atoms with Gasteiger partial charge in [0, 0.05) is 32.9 Å². The van der Waals surface area contributed by atoms with E-state index in [4.69, 9.17) is 0 Å². The van der Waals surface area contributed by atoms with Crippen LogP contribution in [0.1, 0.15) is 5.56 Å². The van der Waals surface area contributed by atoms with Crippen molar-refractivity contribution in [1.29, 1.82) is 0 Å². The molecule has 3 aliphatic rings. The number of aliphatic hydroxyl groups is 1. The maximum absolute atomic E-state index is 13.4. The molecule has 0 bridgehead atoms. The highest BCUT2D eigenvalue weighted by atomic mass is 16.3. The van der Waals surface area contributed by atoms with E-state index in [0.717, 1.165) is 49.5 Å². The molecule has 0 saturated carbocycles. The Labute approximate surface area is 182 Å². The topological polar surface area (TPSA) is 85.8 Å². The first kappa shape index (κ1) is 17.4. The summed E-state index contributed by atoms with van der Waals surface area (Å²) in [6, 6.07) is 19.9. The number of benzene rings is 4. The van der Waals surface area contributed by atoms with Crippen LogP contribution < -0.4 is 26.5 Å². The molecule has 6 nitrogen and oxygen atoms in total. The van der Waals surface area contributed by atoms with E-state index in [0.29, 0.717) is 29.7 Å². The minimum absolute atomic E-state index is 0.0326. The van der Waals surface area contributed by atoms with Crippen molar-refractivity contribution in [2.75, 3.05) is 29.3 Å². The number of carbonyl (C=O) groups excluding carboxylic acids is 1. The number of aliphatic hydroxyl groups excluding tert-OH is 1. The molecule has 32 heavy (non-hydrogen) atoms. The number of allylic oxidation sites excluding steroid dienone is 2. The van der Waals surface area contributed by atoms with Crippen LogP contribution in [0.25, 0.3) is 32.7 Å². The Morgan fingerprint density at radius 2 is 1.53 bits per heavy atom. The lowest BCUT2D eigenvalue weighted by Crippen LogP contribution is -2.37. The molecule has 0 fully saturated rings. The fraction of sp³-hybridized carbons (Fsp3) is 0.0769. The van der Waals surface area contributed by atoms with E-state index >= 15 is 0 Å². The Kier molecular flexibility index (Phi) is 3.31. The van der Waals surface area contributed by atoms with E-state index in [1.807, 2.05) is 60.7 Å². The fourth-order valence-corrected chi connectivity index (χ4v) is 5.13. The van der Waals surface area contributed by atoms with Crippen molar-refractivity contribution in [3.8, 4) is 0 Å². The molecular weight excluding hydrogens is 400 g/mol. The second-order valence-corrected chi connectivity index (χ2v) is 8.21. The summed E-state index contributed by atoms with van der Waals surface area (Å²) in [6.07, 6.45) is 0. The molecule has 1 aliphatic carbocycles. The number of ketones is 1. The summed E-state index contributed by atoms with van der Waals surface area (Å²) in [6.45, 7) is 1.00. The van der Waals surface area contributed by atoms with Gasteiger partial charge >= 0.3 is 0 Å². The molecule has 0 spiro atoms. The molecule has 0 amide bonds. The number of hydrogen-bond donors (Lipinski definition) is 4. The summed E-state index contributed by atoms with van der Waals surface area (Å²) < 4.78 is 0. The maximum atomic E-state index is 13.4. The number of hydrogen-bond acceptors (Lipinski definition) is 6. The highest BCUT2D eigenvalue weighted by Gasteiger charge is 2.37. The van der Waals surface area contributed by atoms with E-state index in [1.165, 1.54) is 0 Å². The first-order chi connectivity index (χ1) is 15.7. The molecule has 154 valence electrons. The number of carbonyl (C=O) groups is 1. The molecule has 4 aromatic carbocycles. The second kappa shape index (κ2) is 6.11. The van der Waals surface area contributed by atoms with E-state index in [9.17, 15) is 9.90 Å². The molecule has 4 aromatic rings. The van der Waals surface area contributed by atoms with Gasteiger partial charge in [0.1, 0.15) is 12.4 Å². The van der Waals surface area contributed by atoms with Crippen LogP contribution in [-0.2, 0) is 4.79 Å². The van der Waals surface area contributed by atoms with E-state index in [1.54, 1.807) is 0 Å². The molecule has 7 rings (SSSR count). The van der Waals surface area contributed by atoms with Gasteiger partial charge in [-0.3, -0.25) is 9.79 Å². The van der Waals surface area contributed by atoms with Gasteiger partial charge in [-0.1, -0.05) is 48.5 Å². The first-order valence-electron chi connectivity index (χ1n) is 10.6. The SMILES string of the molecule is O=C1C(c2ccc3cccc4c3c2NCN4)=C(O)/C1=c1/ccc2cccc3c2c1=NCN3. The van der Waals surface area contributed by atoms with Crippen molar-refractivity contribution in [2.24, 2.45) is 4.99 Å². The largest absolute Gasteiger partial charge is 0.506 e. The predicted molar refractivity (Wildman–Crippen MR) is 127 cm³/mol.